The van der Waals surface area contributed by atoms with Crippen LogP contribution in [0.2, 0.25) is 0 Å². The van der Waals surface area contributed by atoms with Crippen LogP contribution in [-0.2, 0) is 0 Å². The van der Waals surface area contributed by atoms with E-state index in [0.29, 0.717) is 6.04 Å². The number of benzene rings is 1. The molecule has 3 heteroatoms. The van der Waals surface area contributed by atoms with Gasteiger partial charge in [0.1, 0.15) is 0 Å². The van der Waals surface area contributed by atoms with Crippen LogP contribution in [0.1, 0.15) is 19.9 Å². The second kappa shape index (κ2) is 3.92. The summed E-state index contributed by atoms with van der Waals surface area (Å²) >= 11 is 0. The molecule has 1 aromatic carbocycles. The Kier molecular flexibility index (Phi) is 3.09. The molecule has 2 rings (SSSR count). The number of hydrogen-bond acceptors (Lipinski definition) is 0. The molecule has 0 saturated carbocycles. The van der Waals surface area contributed by atoms with E-state index in [9.17, 15) is 0 Å². The normalized spacial score (nSPS) is 10.4. The SMILES string of the molecule is CC(C)[n+]1c[nH]c2ccccc21.[Br-]. The van der Waals surface area contributed by atoms with E-state index in [0.717, 1.165) is 0 Å². The standard InChI is InChI=1S/C10H12N2.BrH/c1-8(2)12-7-11-9-5-3-4-6-10(9)12;/h3-8H,1-2H3;1H. The van der Waals surface area contributed by atoms with Crippen molar-refractivity contribution in [3.05, 3.63) is 30.6 Å². The number of nitrogens with one attached hydrogen (secondary N) is 1. The minimum Gasteiger partial charge on any atom is -1.00 e. The van der Waals surface area contributed by atoms with Crippen molar-refractivity contribution in [2.75, 3.05) is 0 Å². The van der Waals surface area contributed by atoms with Crippen LogP contribution in [0.15, 0.2) is 30.6 Å². The number of fused-ring (bicyclic) bond motifs is 1. The van der Waals surface area contributed by atoms with Crippen LogP contribution in [0.25, 0.3) is 11.0 Å². The van der Waals surface area contributed by atoms with Gasteiger partial charge < -0.3 is 17.0 Å². The molecular formula is C10H13BrN2. The maximum Gasteiger partial charge on any atom is 0.242 e. The Balaban J connectivity index is 0.000000845. The van der Waals surface area contributed by atoms with Crippen molar-refractivity contribution in [1.82, 2.24) is 4.98 Å². The Hall–Kier alpha value is -0.830. The van der Waals surface area contributed by atoms with Gasteiger partial charge in [-0.15, -0.1) is 0 Å². The van der Waals surface area contributed by atoms with Crippen molar-refractivity contribution in [2.45, 2.75) is 19.9 Å². The molecule has 0 fully saturated rings. The molecule has 0 bridgehead atoms. The summed E-state index contributed by atoms with van der Waals surface area (Å²) in [7, 11) is 0. The van der Waals surface area contributed by atoms with Gasteiger partial charge in [0.05, 0.1) is 6.04 Å². The van der Waals surface area contributed by atoms with Gasteiger partial charge >= 0.3 is 0 Å². The highest BCUT2D eigenvalue weighted by Crippen LogP contribution is 2.07. The molecule has 0 spiro atoms. The lowest BCUT2D eigenvalue weighted by atomic mass is 10.3. The third kappa shape index (κ3) is 1.75. The number of halogens is 1. The van der Waals surface area contributed by atoms with E-state index in [4.69, 9.17) is 0 Å². The lowest BCUT2D eigenvalue weighted by Crippen LogP contribution is -3.00. The Morgan fingerprint density at radius 1 is 1.23 bits per heavy atom. The fraction of sp³-hybridized carbons (Fsp3) is 0.300. The van der Waals surface area contributed by atoms with Crippen LogP contribution < -0.4 is 21.5 Å². The van der Waals surface area contributed by atoms with Gasteiger partial charge in [-0.3, -0.25) is 0 Å². The number of aromatic amines is 1. The van der Waals surface area contributed by atoms with E-state index in [1.54, 1.807) is 0 Å². The lowest BCUT2D eigenvalue weighted by molar-refractivity contribution is -0.691. The maximum absolute atomic E-state index is 3.23. The first-order valence-corrected chi connectivity index (χ1v) is 4.26. The van der Waals surface area contributed by atoms with Crippen molar-refractivity contribution in [3.8, 4) is 0 Å². The molecular weight excluding hydrogens is 228 g/mol. The Bertz CT molecular complexity index is 392. The van der Waals surface area contributed by atoms with Crippen molar-refractivity contribution >= 4 is 11.0 Å². The largest absolute Gasteiger partial charge is 1.00 e. The highest BCUT2D eigenvalue weighted by Gasteiger charge is 2.10. The number of rotatable bonds is 1. The van der Waals surface area contributed by atoms with Gasteiger partial charge in [0.2, 0.25) is 6.33 Å². The number of aromatic nitrogens is 2. The average Bonchev–Trinajstić information content (AvgIpc) is 2.47. The average molecular weight is 241 g/mol. The highest BCUT2D eigenvalue weighted by atomic mass is 79.9. The summed E-state index contributed by atoms with van der Waals surface area (Å²) in [5.41, 5.74) is 2.47. The highest BCUT2D eigenvalue weighted by molar-refractivity contribution is 5.70. The van der Waals surface area contributed by atoms with Crippen LogP contribution in [0.5, 0.6) is 0 Å². The molecule has 0 amide bonds. The third-order valence-electron chi connectivity index (χ3n) is 2.10. The topological polar surface area (TPSA) is 19.7 Å². The predicted molar refractivity (Wildman–Crippen MR) is 48.9 cm³/mol. The number of H-pyrrole nitrogens is 1. The van der Waals surface area contributed by atoms with E-state index in [1.807, 2.05) is 12.4 Å². The molecule has 1 N–H and O–H groups in total. The number of nitrogens with zero attached hydrogens (tertiary/aromatic N) is 1. The summed E-state index contributed by atoms with van der Waals surface area (Å²) in [4.78, 5) is 3.23. The van der Waals surface area contributed by atoms with Crippen LogP contribution in [0.4, 0.5) is 0 Å². The first-order chi connectivity index (χ1) is 5.79. The molecule has 1 aromatic heterocycles. The Morgan fingerprint density at radius 2 is 1.92 bits per heavy atom. The summed E-state index contributed by atoms with van der Waals surface area (Å²) < 4.78 is 2.23. The number of hydrogen-bond donors (Lipinski definition) is 1. The fourth-order valence-electron chi connectivity index (χ4n) is 1.46. The zero-order chi connectivity index (χ0) is 8.55. The van der Waals surface area contributed by atoms with E-state index in [1.165, 1.54) is 11.0 Å². The Morgan fingerprint density at radius 3 is 2.62 bits per heavy atom. The summed E-state index contributed by atoms with van der Waals surface area (Å²) in [5.74, 6) is 0. The minimum absolute atomic E-state index is 0. The summed E-state index contributed by atoms with van der Waals surface area (Å²) in [6, 6.07) is 8.85. The quantitative estimate of drug-likeness (QED) is 0.620. The predicted octanol–water partition coefficient (Wildman–Crippen LogP) is -0.960. The van der Waals surface area contributed by atoms with Gasteiger partial charge in [0.25, 0.3) is 0 Å². The smallest absolute Gasteiger partial charge is 0.242 e. The third-order valence-corrected chi connectivity index (χ3v) is 2.10. The second-order valence-corrected chi connectivity index (χ2v) is 3.29. The zero-order valence-electron chi connectivity index (χ0n) is 7.79. The first kappa shape index (κ1) is 10.3. The first-order valence-electron chi connectivity index (χ1n) is 4.26. The molecule has 0 aliphatic heterocycles. The van der Waals surface area contributed by atoms with Crippen molar-refractivity contribution < 1.29 is 21.5 Å². The van der Waals surface area contributed by atoms with E-state index < -0.39 is 0 Å². The van der Waals surface area contributed by atoms with Gasteiger partial charge in [-0.1, -0.05) is 12.1 Å². The maximum atomic E-state index is 3.23. The van der Waals surface area contributed by atoms with Gasteiger partial charge in [0, 0.05) is 0 Å². The van der Waals surface area contributed by atoms with E-state index in [2.05, 4.69) is 41.6 Å². The van der Waals surface area contributed by atoms with Crippen molar-refractivity contribution in [2.24, 2.45) is 0 Å². The molecule has 0 saturated heterocycles. The van der Waals surface area contributed by atoms with Crippen molar-refractivity contribution in [3.63, 3.8) is 0 Å². The summed E-state index contributed by atoms with van der Waals surface area (Å²) in [6.07, 6.45) is 2.02. The van der Waals surface area contributed by atoms with Crippen LogP contribution in [-0.4, -0.2) is 4.98 Å². The molecule has 0 atom stereocenters. The van der Waals surface area contributed by atoms with Crippen molar-refractivity contribution in [1.29, 1.82) is 0 Å². The number of imidazole rings is 1. The fourth-order valence-corrected chi connectivity index (χ4v) is 1.46. The van der Waals surface area contributed by atoms with Gasteiger partial charge in [-0.05, 0) is 26.0 Å². The zero-order valence-corrected chi connectivity index (χ0v) is 9.38. The Labute approximate surface area is 88.4 Å². The molecule has 2 nitrogen and oxygen atoms in total. The van der Waals surface area contributed by atoms with Gasteiger partial charge in [-0.25, -0.2) is 9.55 Å². The molecule has 0 radical (unpaired) electrons. The monoisotopic (exact) mass is 240 g/mol. The molecule has 2 aromatic rings. The molecule has 70 valence electrons. The summed E-state index contributed by atoms with van der Waals surface area (Å²) in [6.45, 7) is 4.36. The van der Waals surface area contributed by atoms with Crippen LogP contribution in [0.3, 0.4) is 0 Å². The van der Waals surface area contributed by atoms with Crippen LogP contribution in [0, 0.1) is 0 Å². The second-order valence-electron chi connectivity index (χ2n) is 3.29. The lowest BCUT2D eigenvalue weighted by Gasteiger charge is -1.99. The molecule has 13 heavy (non-hydrogen) atoms. The van der Waals surface area contributed by atoms with Gasteiger partial charge in [0.15, 0.2) is 11.0 Å². The molecule has 0 aliphatic rings. The minimum atomic E-state index is 0. The van der Waals surface area contributed by atoms with E-state index in [-0.39, 0.29) is 17.0 Å². The molecule has 0 unspecified atom stereocenters. The summed E-state index contributed by atoms with van der Waals surface area (Å²) in [5, 5.41) is 0. The molecule has 0 aliphatic carbocycles. The number of para-hydroxylation sites is 2. The van der Waals surface area contributed by atoms with E-state index >= 15 is 0 Å². The van der Waals surface area contributed by atoms with Crippen LogP contribution >= 0.6 is 0 Å². The molecule has 1 heterocycles. The van der Waals surface area contributed by atoms with Gasteiger partial charge in [-0.2, -0.15) is 0 Å².